The van der Waals surface area contributed by atoms with Gasteiger partial charge >= 0.3 is 0 Å². The smallest absolute Gasteiger partial charge is 0.251 e. The SMILES string of the molecule is CC(C)CC(=O)Nc1cccc(CNC(=O)c2cccc(NS(C)(=O)=O)c2)c1. The highest BCUT2D eigenvalue weighted by molar-refractivity contribution is 7.92. The van der Waals surface area contributed by atoms with E-state index in [0.717, 1.165) is 11.8 Å². The van der Waals surface area contributed by atoms with Crippen molar-refractivity contribution in [2.75, 3.05) is 16.3 Å². The number of nitrogens with one attached hydrogen (secondary N) is 3. The van der Waals surface area contributed by atoms with E-state index >= 15 is 0 Å². The number of amides is 2. The van der Waals surface area contributed by atoms with E-state index in [1.807, 2.05) is 26.0 Å². The normalized spacial score (nSPS) is 11.1. The molecule has 2 amide bonds. The molecule has 0 aliphatic heterocycles. The molecular formula is C20H25N3O4S. The molecule has 0 atom stereocenters. The van der Waals surface area contributed by atoms with Gasteiger partial charge < -0.3 is 10.6 Å². The third-order valence-electron chi connectivity index (χ3n) is 3.69. The molecule has 0 heterocycles. The Hall–Kier alpha value is -2.87. The van der Waals surface area contributed by atoms with Crippen molar-refractivity contribution in [1.82, 2.24) is 5.32 Å². The first-order valence-electron chi connectivity index (χ1n) is 8.87. The monoisotopic (exact) mass is 403 g/mol. The van der Waals surface area contributed by atoms with E-state index in [1.54, 1.807) is 30.3 Å². The lowest BCUT2D eigenvalue weighted by atomic mass is 10.1. The van der Waals surface area contributed by atoms with E-state index < -0.39 is 10.0 Å². The van der Waals surface area contributed by atoms with Crippen molar-refractivity contribution in [3.63, 3.8) is 0 Å². The predicted octanol–water partition coefficient (Wildman–Crippen LogP) is 2.97. The first-order valence-corrected chi connectivity index (χ1v) is 10.8. The van der Waals surface area contributed by atoms with Crippen LogP contribution in [0.15, 0.2) is 48.5 Å². The highest BCUT2D eigenvalue weighted by Gasteiger charge is 2.09. The lowest BCUT2D eigenvalue weighted by Gasteiger charge is -2.10. The Bertz CT molecular complexity index is 955. The Labute approximate surface area is 165 Å². The van der Waals surface area contributed by atoms with Crippen molar-refractivity contribution in [3.05, 3.63) is 59.7 Å². The van der Waals surface area contributed by atoms with E-state index in [-0.39, 0.29) is 24.3 Å². The van der Waals surface area contributed by atoms with Gasteiger partial charge in [-0.3, -0.25) is 14.3 Å². The van der Waals surface area contributed by atoms with Crippen LogP contribution in [-0.4, -0.2) is 26.5 Å². The first kappa shape index (κ1) is 21.4. The summed E-state index contributed by atoms with van der Waals surface area (Å²) in [6, 6.07) is 13.5. The highest BCUT2D eigenvalue weighted by atomic mass is 32.2. The molecule has 2 aromatic rings. The molecule has 0 radical (unpaired) electrons. The van der Waals surface area contributed by atoms with Gasteiger partial charge in [0.05, 0.1) is 6.26 Å². The fourth-order valence-electron chi connectivity index (χ4n) is 2.56. The first-order chi connectivity index (χ1) is 13.1. The number of sulfonamides is 1. The van der Waals surface area contributed by atoms with Crippen LogP contribution in [0.5, 0.6) is 0 Å². The van der Waals surface area contributed by atoms with E-state index in [2.05, 4.69) is 15.4 Å². The molecule has 0 saturated carbocycles. The maximum Gasteiger partial charge on any atom is 0.251 e. The number of anilines is 2. The van der Waals surface area contributed by atoms with Crippen molar-refractivity contribution in [3.8, 4) is 0 Å². The van der Waals surface area contributed by atoms with E-state index in [0.29, 0.717) is 23.4 Å². The third kappa shape index (κ3) is 7.40. The largest absolute Gasteiger partial charge is 0.348 e. The minimum atomic E-state index is -3.41. The average Bonchev–Trinajstić information content (AvgIpc) is 2.58. The summed E-state index contributed by atoms with van der Waals surface area (Å²) in [6.07, 6.45) is 1.49. The second-order valence-electron chi connectivity index (χ2n) is 6.98. The van der Waals surface area contributed by atoms with Crippen molar-refractivity contribution in [2.45, 2.75) is 26.8 Å². The minimum Gasteiger partial charge on any atom is -0.348 e. The Balaban J connectivity index is 1.98. The summed E-state index contributed by atoms with van der Waals surface area (Å²) >= 11 is 0. The molecule has 0 saturated heterocycles. The van der Waals surface area contributed by atoms with Crippen LogP contribution in [0, 0.1) is 5.92 Å². The summed E-state index contributed by atoms with van der Waals surface area (Å²) in [7, 11) is -3.41. The van der Waals surface area contributed by atoms with Crippen molar-refractivity contribution in [2.24, 2.45) is 5.92 Å². The Morgan fingerprint density at radius 2 is 1.68 bits per heavy atom. The number of rotatable bonds is 8. The van der Waals surface area contributed by atoms with Crippen LogP contribution in [0.2, 0.25) is 0 Å². The summed E-state index contributed by atoms with van der Waals surface area (Å²) in [5.41, 5.74) is 2.18. The molecule has 0 fully saturated rings. The molecule has 150 valence electrons. The van der Waals surface area contributed by atoms with Gasteiger partial charge in [-0.25, -0.2) is 8.42 Å². The fourth-order valence-corrected chi connectivity index (χ4v) is 3.12. The standard InChI is InChI=1S/C20H25N3O4S/c1-14(2)10-19(24)22-17-8-4-6-15(11-17)13-21-20(25)16-7-5-9-18(12-16)23-28(3,26)27/h4-9,11-12,14,23H,10,13H2,1-3H3,(H,21,25)(H,22,24). The predicted molar refractivity (Wildman–Crippen MR) is 111 cm³/mol. The molecule has 0 spiro atoms. The second kappa shape index (κ2) is 9.36. The topological polar surface area (TPSA) is 104 Å². The van der Waals surface area contributed by atoms with E-state index in [9.17, 15) is 18.0 Å². The molecule has 0 aliphatic rings. The Morgan fingerprint density at radius 3 is 2.36 bits per heavy atom. The van der Waals surface area contributed by atoms with Gasteiger partial charge in [0.25, 0.3) is 5.91 Å². The number of carbonyl (C=O) groups excluding carboxylic acids is 2. The molecule has 0 bridgehead atoms. The van der Waals surface area contributed by atoms with Crippen LogP contribution in [0.4, 0.5) is 11.4 Å². The molecule has 2 rings (SSSR count). The molecule has 28 heavy (non-hydrogen) atoms. The maximum atomic E-state index is 12.4. The number of carbonyl (C=O) groups is 2. The summed E-state index contributed by atoms with van der Waals surface area (Å²) in [5.74, 6) is -0.104. The number of hydrogen-bond donors (Lipinski definition) is 3. The van der Waals surface area contributed by atoms with E-state index in [4.69, 9.17) is 0 Å². The fraction of sp³-hybridized carbons (Fsp3) is 0.300. The summed E-state index contributed by atoms with van der Waals surface area (Å²) in [5, 5.41) is 5.63. The lowest BCUT2D eigenvalue weighted by molar-refractivity contribution is -0.116. The van der Waals surface area contributed by atoms with Crippen LogP contribution in [0.25, 0.3) is 0 Å². The molecule has 2 aromatic carbocycles. The summed E-state index contributed by atoms with van der Waals surface area (Å²) in [6.45, 7) is 4.23. The maximum absolute atomic E-state index is 12.4. The molecule has 7 nitrogen and oxygen atoms in total. The van der Waals surface area contributed by atoms with E-state index in [1.165, 1.54) is 6.07 Å². The lowest BCUT2D eigenvalue weighted by Crippen LogP contribution is -2.23. The van der Waals surface area contributed by atoms with Gasteiger partial charge in [0.1, 0.15) is 0 Å². The van der Waals surface area contributed by atoms with Gasteiger partial charge in [-0.05, 0) is 41.8 Å². The zero-order chi connectivity index (χ0) is 20.7. The van der Waals surface area contributed by atoms with Gasteiger partial charge in [-0.15, -0.1) is 0 Å². The quantitative estimate of drug-likeness (QED) is 0.630. The molecule has 0 aliphatic carbocycles. The zero-order valence-electron chi connectivity index (χ0n) is 16.2. The second-order valence-corrected chi connectivity index (χ2v) is 8.73. The van der Waals surface area contributed by atoms with Gasteiger partial charge in [0.15, 0.2) is 0 Å². The van der Waals surface area contributed by atoms with Crippen LogP contribution >= 0.6 is 0 Å². The van der Waals surface area contributed by atoms with Crippen molar-refractivity contribution < 1.29 is 18.0 Å². The number of benzene rings is 2. The molecule has 3 N–H and O–H groups in total. The van der Waals surface area contributed by atoms with Crippen LogP contribution in [-0.2, 0) is 21.4 Å². The number of hydrogen-bond acceptors (Lipinski definition) is 4. The van der Waals surface area contributed by atoms with Crippen LogP contribution in [0.3, 0.4) is 0 Å². The average molecular weight is 404 g/mol. The molecule has 8 heteroatoms. The summed E-state index contributed by atoms with van der Waals surface area (Å²) < 4.78 is 25.0. The summed E-state index contributed by atoms with van der Waals surface area (Å²) in [4.78, 5) is 24.2. The van der Waals surface area contributed by atoms with Crippen molar-refractivity contribution >= 4 is 33.2 Å². The highest BCUT2D eigenvalue weighted by Crippen LogP contribution is 2.14. The third-order valence-corrected chi connectivity index (χ3v) is 4.29. The van der Waals surface area contributed by atoms with Crippen molar-refractivity contribution in [1.29, 1.82) is 0 Å². The van der Waals surface area contributed by atoms with Gasteiger partial charge in [-0.1, -0.05) is 32.0 Å². The minimum absolute atomic E-state index is 0.0497. The van der Waals surface area contributed by atoms with Gasteiger partial charge in [0.2, 0.25) is 15.9 Å². The molecule has 0 aromatic heterocycles. The zero-order valence-corrected chi connectivity index (χ0v) is 17.0. The van der Waals surface area contributed by atoms with Crippen LogP contribution in [0.1, 0.15) is 36.2 Å². The van der Waals surface area contributed by atoms with Gasteiger partial charge in [0, 0.05) is 29.9 Å². The molecular weight excluding hydrogens is 378 g/mol. The van der Waals surface area contributed by atoms with Gasteiger partial charge in [-0.2, -0.15) is 0 Å². The van der Waals surface area contributed by atoms with Crippen LogP contribution < -0.4 is 15.4 Å². The Kier molecular flexibility index (Phi) is 7.17. The Morgan fingerprint density at radius 1 is 1.00 bits per heavy atom. The molecule has 0 unspecified atom stereocenters.